The number of nitrogens with zero attached hydrogens (tertiary/aromatic N) is 1. The Kier molecular flexibility index (Phi) is 7.23. The molecule has 0 fully saturated rings. The Bertz CT molecular complexity index is 235. The van der Waals surface area contributed by atoms with Gasteiger partial charge >= 0.3 is 6.03 Å². The van der Waals surface area contributed by atoms with E-state index in [-0.39, 0.29) is 19.1 Å². The highest BCUT2D eigenvalue weighted by Crippen LogP contribution is 1.95. The lowest BCUT2D eigenvalue weighted by atomic mass is 10.3. The number of aliphatic hydroxyl groups is 1. The van der Waals surface area contributed by atoms with Crippen LogP contribution in [0.25, 0.3) is 0 Å². The fourth-order valence-corrected chi connectivity index (χ4v) is 1.20. The topological polar surface area (TPSA) is 105 Å². The molecule has 16 heavy (non-hydrogen) atoms. The van der Waals surface area contributed by atoms with E-state index in [4.69, 9.17) is 15.6 Å². The Balaban J connectivity index is 4.28. The number of hydrogen-bond donors (Lipinski definition) is 3. The van der Waals surface area contributed by atoms with Gasteiger partial charge in [-0.2, -0.15) is 0 Å². The van der Waals surface area contributed by atoms with Crippen LogP contribution in [0, 0.1) is 0 Å². The minimum atomic E-state index is -0.753. The summed E-state index contributed by atoms with van der Waals surface area (Å²) in [5.41, 5.74) is 4.91. The molecule has 0 heterocycles. The van der Waals surface area contributed by atoms with Gasteiger partial charge < -0.3 is 25.8 Å². The minimum absolute atomic E-state index is 0.140. The zero-order chi connectivity index (χ0) is 12.6. The second-order valence-electron chi connectivity index (χ2n) is 3.27. The number of primary amides is 1. The van der Waals surface area contributed by atoms with Crippen LogP contribution in [-0.4, -0.2) is 61.4 Å². The molecule has 3 amide bonds. The summed E-state index contributed by atoms with van der Waals surface area (Å²) in [6, 6.07) is -1.46. The maximum absolute atomic E-state index is 11.8. The highest BCUT2D eigenvalue weighted by atomic mass is 16.5. The third kappa shape index (κ3) is 5.52. The van der Waals surface area contributed by atoms with Crippen molar-refractivity contribution in [2.45, 2.75) is 13.0 Å². The lowest BCUT2D eigenvalue weighted by Crippen LogP contribution is -2.50. The van der Waals surface area contributed by atoms with Crippen molar-refractivity contribution >= 4 is 11.9 Å². The average molecular weight is 233 g/mol. The molecule has 0 saturated carbocycles. The molecule has 94 valence electrons. The normalized spacial score (nSPS) is 11.9. The maximum atomic E-state index is 11.8. The van der Waals surface area contributed by atoms with Crippen molar-refractivity contribution in [2.24, 2.45) is 5.73 Å². The van der Waals surface area contributed by atoms with Gasteiger partial charge in [-0.1, -0.05) is 0 Å². The Morgan fingerprint density at radius 3 is 2.56 bits per heavy atom. The standard InChI is InChI=1S/C9H19N3O4/c1-7(11-9(10)15)8(14)12(3-5-13)4-6-16-2/h7,13H,3-6H2,1-2H3,(H3,10,11,15). The van der Waals surface area contributed by atoms with Crippen LogP contribution in [-0.2, 0) is 9.53 Å². The summed E-state index contributed by atoms with van der Waals surface area (Å²) in [6.45, 7) is 2.33. The molecule has 0 spiro atoms. The highest BCUT2D eigenvalue weighted by molar-refractivity contribution is 5.86. The lowest BCUT2D eigenvalue weighted by molar-refractivity contribution is -0.133. The average Bonchev–Trinajstić information content (AvgIpc) is 2.22. The summed E-state index contributed by atoms with van der Waals surface area (Å²) in [5.74, 6) is -0.301. The van der Waals surface area contributed by atoms with E-state index in [2.05, 4.69) is 5.32 Å². The predicted octanol–water partition coefficient (Wildman–Crippen LogP) is -1.49. The number of carbonyl (C=O) groups excluding carboxylic acids is 2. The molecule has 0 saturated heterocycles. The van der Waals surface area contributed by atoms with Crippen LogP contribution in [0.4, 0.5) is 4.79 Å². The zero-order valence-corrected chi connectivity index (χ0v) is 9.60. The van der Waals surface area contributed by atoms with Crippen LogP contribution in [0.3, 0.4) is 0 Å². The number of nitrogens with two attached hydrogens (primary N) is 1. The summed E-state index contributed by atoms with van der Waals surface area (Å²) < 4.78 is 4.84. The van der Waals surface area contributed by atoms with Gasteiger partial charge in [0.05, 0.1) is 13.2 Å². The van der Waals surface area contributed by atoms with Gasteiger partial charge in [0.2, 0.25) is 5.91 Å². The van der Waals surface area contributed by atoms with E-state index < -0.39 is 12.1 Å². The van der Waals surface area contributed by atoms with Crippen LogP contribution in [0.15, 0.2) is 0 Å². The maximum Gasteiger partial charge on any atom is 0.312 e. The number of rotatable bonds is 7. The van der Waals surface area contributed by atoms with E-state index in [0.717, 1.165) is 0 Å². The first-order valence-electron chi connectivity index (χ1n) is 4.97. The number of hydrogen-bond acceptors (Lipinski definition) is 4. The van der Waals surface area contributed by atoms with Crippen LogP contribution in [0.2, 0.25) is 0 Å². The summed E-state index contributed by atoms with van der Waals surface area (Å²) in [4.78, 5) is 23.7. The van der Waals surface area contributed by atoms with Gasteiger partial charge in [-0.05, 0) is 6.92 Å². The largest absolute Gasteiger partial charge is 0.395 e. The first-order valence-corrected chi connectivity index (χ1v) is 4.97. The Morgan fingerprint density at radius 2 is 2.12 bits per heavy atom. The van der Waals surface area contributed by atoms with Gasteiger partial charge in [-0.15, -0.1) is 0 Å². The van der Waals surface area contributed by atoms with Crippen molar-refractivity contribution in [1.82, 2.24) is 10.2 Å². The van der Waals surface area contributed by atoms with Gasteiger partial charge in [0, 0.05) is 20.2 Å². The number of urea groups is 1. The molecule has 0 rings (SSSR count). The van der Waals surface area contributed by atoms with Crippen molar-refractivity contribution in [2.75, 3.05) is 33.4 Å². The van der Waals surface area contributed by atoms with Gasteiger partial charge in [0.15, 0.2) is 0 Å². The quantitative estimate of drug-likeness (QED) is 0.498. The third-order valence-corrected chi connectivity index (χ3v) is 1.98. The Morgan fingerprint density at radius 1 is 1.50 bits per heavy atom. The van der Waals surface area contributed by atoms with Crippen molar-refractivity contribution in [1.29, 1.82) is 0 Å². The molecule has 4 N–H and O–H groups in total. The van der Waals surface area contributed by atoms with Crippen molar-refractivity contribution in [3.05, 3.63) is 0 Å². The summed E-state index contributed by atoms with van der Waals surface area (Å²) in [5, 5.41) is 11.1. The van der Waals surface area contributed by atoms with E-state index in [1.165, 1.54) is 18.9 Å². The molecule has 0 aromatic carbocycles. The lowest BCUT2D eigenvalue weighted by Gasteiger charge is -2.24. The minimum Gasteiger partial charge on any atom is -0.395 e. The molecular formula is C9H19N3O4. The molecule has 0 aromatic rings. The fraction of sp³-hybridized carbons (Fsp3) is 0.778. The fourth-order valence-electron chi connectivity index (χ4n) is 1.20. The van der Waals surface area contributed by atoms with Crippen LogP contribution in [0.5, 0.6) is 0 Å². The molecule has 0 bridgehead atoms. The van der Waals surface area contributed by atoms with Gasteiger partial charge in [0.25, 0.3) is 0 Å². The summed E-state index contributed by atoms with van der Waals surface area (Å²) >= 11 is 0. The molecule has 0 aliphatic carbocycles. The molecule has 1 atom stereocenters. The van der Waals surface area contributed by atoms with E-state index in [9.17, 15) is 9.59 Å². The van der Waals surface area contributed by atoms with E-state index >= 15 is 0 Å². The number of aliphatic hydroxyl groups excluding tert-OH is 1. The van der Waals surface area contributed by atoms with Gasteiger partial charge in [-0.25, -0.2) is 4.79 Å². The highest BCUT2D eigenvalue weighted by Gasteiger charge is 2.20. The van der Waals surface area contributed by atoms with Crippen molar-refractivity contribution < 1.29 is 19.4 Å². The zero-order valence-electron chi connectivity index (χ0n) is 9.60. The van der Waals surface area contributed by atoms with Crippen LogP contribution in [0.1, 0.15) is 6.92 Å². The van der Waals surface area contributed by atoms with E-state index in [1.54, 1.807) is 0 Å². The summed E-state index contributed by atoms with van der Waals surface area (Å²) in [6.07, 6.45) is 0. The third-order valence-electron chi connectivity index (χ3n) is 1.98. The van der Waals surface area contributed by atoms with Gasteiger partial charge in [-0.3, -0.25) is 4.79 Å². The SMILES string of the molecule is COCCN(CCO)C(=O)C(C)NC(N)=O. The Hall–Kier alpha value is -1.34. The van der Waals surface area contributed by atoms with E-state index in [0.29, 0.717) is 13.2 Å². The monoisotopic (exact) mass is 233 g/mol. The van der Waals surface area contributed by atoms with Crippen LogP contribution >= 0.6 is 0 Å². The number of ether oxygens (including phenoxy) is 1. The molecular weight excluding hydrogens is 214 g/mol. The van der Waals surface area contributed by atoms with E-state index in [1.807, 2.05) is 0 Å². The first kappa shape index (κ1) is 14.7. The first-order chi connectivity index (χ1) is 7.52. The predicted molar refractivity (Wildman–Crippen MR) is 57.7 cm³/mol. The molecule has 7 nitrogen and oxygen atoms in total. The molecule has 0 radical (unpaired) electrons. The van der Waals surface area contributed by atoms with Crippen molar-refractivity contribution in [3.8, 4) is 0 Å². The molecule has 0 aliphatic heterocycles. The van der Waals surface area contributed by atoms with Gasteiger partial charge in [0.1, 0.15) is 6.04 Å². The van der Waals surface area contributed by atoms with Crippen molar-refractivity contribution in [3.63, 3.8) is 0 Å². The number of methoxy groups -OCH3 is 1. The Labute approximate surface area is 94.5 Å². The molecule has 0 aromatic heterocycles. The molecule has 1 unspecified atom stereocenters. The smallest absolute Gasteiger partial charge is 0.312 e. The number of carbonyl (C=O) groups is 2. The summed E-state index contributed by atoms with van der Waals surface area (Å²) in [7, 11) is 1.52. The molecule has 0 aliphatic rings. The second kappa shape index (κ2) is 7.89. The second-order valence-corrected chi connectivity index (χ2v) is 3.27. The number of amides is 3. The molecule has 7 heteroatoms. The number of nitrogens with one attached hydrogen (secondary N) is 1. The van der Waals surface area contributed by atoms with Crippen LogP contribution < -0.4 is 11.1 Å².